The number of nitrogens with zero attached hydrogens (tertiary/aromatic N) is 7. The molecule has 0 radical (unpaired) electrons. The second-order valence-corrected chi connectivity index (χ2v) is 11.9. The smallest absolute Gasteiger partial charge is 0.269 e. The van der Waals surface area contributed by atoms with Crippen molar-refractivity contribution in [3.8, 4) is 0 Å². The fraction of sp³-hybridized carbons (Fsp3) is 0.438. The summed E-state index contributed by atoms with van der Waals surface area (Å²) < 4.78 is 5.49. The topological polar surface area (TPSA) is 143 Å². The zero-order chi connectivity index (χ0) is 31.8. The monoisotopic (exact) mass is 616 g/mol. The van der Waals surface area contributed by atoms with Gasteiger partial charge >= 0.3 is 0 Å². The number of nitrogens with one attached hydrogen (secondary N) is 1. The molecule has 3 aliphatic heterocycles. The highest BCUT2D eigenvalue weighted by Crippen LogP contribution is 2.27. The van der Waals surface area contributed by atoms with Gasteiger partial charge in [0.05, 0.1) is 15.5 Å². The van der Waals surface area contributed by atoms with Crippen LogP contribution in [0.1, 0.15) is 44.2 Å². The van der Waals surface area contributed by atoms with Crippen LogP contribution in [0.25, 0.3) is 0 Å². The van der Waals surface area contributed by atoms with Gasteiger partial charge in [0, 0.05) is 62.7 Å². The molecule has 4 heterocycles. The maximum absolute atomic E-state index is 10.8. The van der Waals surface area contributed by atoms with Crippen molar-refractivity contribution in [2.45, 2.75) is 52.2 Å². The van der Waals surface area contributed by atoms with E-state index in [0.717, 1.165) is 68.3 Å². The summed E-state index contributed by atoms with van der Waals surface area (Å²) in [6, 6.07) is 15.8. The van der Waals surface area contributed by atoms with Gasteiger partial charge in [-0.15, -0.1) is 0 Å². The third-order valence-electron chi connectivity index (χ3n) is 8.14. The molecule has 13 heteroatoms. The first-order chi connectivity index (χ1) is 21.7. The fourth-order valence-electron chi connectivity index (χ4n) is 5.73. The molecule has 2 saturated heterocycles. The summed E-state index contributed by atoms with van der Waals surface area (Å²) in [5, 5.41) is 24.7. The Kier molecular flexibility index (Phi) is 10.5. The second-order valence-electron chi connectivity index (χ2n) is 11.9. The van der Waals surface area contributed by atoms with Crippen LogP contribution in [0.4, 0.5) is 23.1 Å². The van der Waals surface area contributed by atoms with E-state index in [1.54, 1.807) is 36.7 Å². The van der Waals surface area contributed by atoms with E-state index in [2.05, 4.69) is 43.8 Å². The van der Waals surface area contributed by atoms with Crippen LogP contribution in [0.15, 0.2) is 72.8 Å². The van der Waals surface area contributed by atoms with Crippen molar-refractivity contribution in [2.24, 2.45) is 5.92 Å². The number of anilines is 2. The molecule has 2 fully saturated rings. The van der Waals surface area contributed by atoms with E-state index >= 15 is 0 Å². The molecule has 1 unspecified atom stereocenters. The van der Waals surface area contributed by atoms with E-state index in [0.29, 0.717) is 18.6 Å². The van der Waals surface area contributed by atoms with Gasteiger partial charge in [0.1, 0.15) is 12.1 Å². The lowest BCUT2D eigenvalue weighted by Gasteiger charge is -2.22. The zero-order valence-electron chi connectivity index (χ0n) is 25.7. The standard InChI is InChI=1S/C21H26N6O3.C11H14N2O2/c1-15(2)19-13-30-14-26(19)20-7-9-22-21(24-20)23-17-8-10-25(12-17)11-16-3-5-18(6-4-16)27(28)29;14-13(15)11-5-3-10(4-6-11)9-12-7-1-2-8-12/h3-7,9,13,15,17H,8,10-12,14H2,1-2H3,(H,22,23,24);3-6H,1-2,7-9H2. The van der Waals surface area contributed by atoms with Crippen LogP contribution in [0, 0.1) is 26.1 Å². The van der Waals surface area contributed by atoms with Crippen LogP contribution in [0.2, 0.25) is 0 Å². The largest absolute Gasteiger partial charge is 0.478 e. The molecule has 238 valence electrons. The normalized spacial score (nSPS) is 18.3. The van der Waals surface area contributed by atoms with Crippen LogP contribution >= 0.6 is 0 Å². The number of non-ortho nitro benzene ring substituents is 2. The SMILES string of the molecule is CC(C)C1=COCN1c1ccnc(NC2CCN(Cc3ccc([N+](=O)[O-])cc3)C2)n1.O=[N+]([O-])c1ccc(CN2CCCC2)cc1. The maximum atomic E-state index is 10.8. The van der Waals surface area contributed by atoms with Crippen molar-refractivity contribution in [2.75, 3.05) is 43.1 Å². The highest BCUT2D eigenvalue weighted by molar-refractivity contribution is 5.49. The van der Waals surface area contributed by atoms with E-state index in [-0.39, 0.29) is 27.3 Å². The van der Waals surface area contributed by atoms with Crippen molar-refractivity contribution >= 4 is 23.1 Å². The summed E-state index contributed by atoms with van der Waals surface area (Å²) in [5.41, 5.74) is 3.62. The molecule has 3 aromatic rings. The number of likely N-dealkylation sites (tertiary alicyclic amines) is 2. The summed E-state index contributed by atoms with van der Waals surface area (Å²) in [6.07, 6.45) is 7.10. The van der Waals surface area contributed by atoms with Gasteiger partial charge in [-0.05, 0) is 55.5 Å². The molecule has 1 aromatic heterocycles. The molecule has 0 aliphatic carbocycles. The highest BCUT2D eigenvalue weighted by atomic mass is 16.6. The summed E-state index contributed by atoms with van der Waals surface area (Å²) in [4.78, 5) is 36.4. The quantitative estimate of drug-likeness (QED) is 0.226. The number of benzene rings is 2. The predicted molar refractivity (Wildman–Crippen MR) is 171 cm³/mol. The van der Waals surface area contributed by atoms with Crippen molar-refractivity contribution in [3.63, 3.8) is 0 Å². The predicted octanol–water partition coefficient (Wildman–Crippen LogP) is 5.55. The van der Waals surface area contributed by atoms with E-state index in [9.17, 15) is 20.2 Å². The van der Waals surface area contributed by atoms with Crippen LogP contribution in [0.5, 0.6) is 0 Å². The average Bonchev–Trinajstić information content (AvgIpc) is 3.82. The molecule has 1 N–H and O–H groups in total. The van der Waals surface area contributed by atoms with Gasteiger partial charge in [0.15, 0.2) is 6.73 Å². The van der Waals surface area contributed by atoms with E-state index in [1.807, 2.05) is 30.3 Å². The van der Waals surface area contributed by atoms with Crippen LogP contribution < -0.4 is 10.2 Å². The Hall–Kier alpha value is -4.62. The summed E-state index contributed by atoms with van der Waals surface area (Å²) in [6.45, 7) is 10.5. The number of allylic oxidation sites excluding steroid dienone is 1. The van der Waals surface area contributed by atoms with Gasteiger partial charge in [-0.2, -0.15) is 4.98 Å². The van der Waals surface area contributed by atoms with Crippen molar-refractivity contribution in [3.05, 3.63) is 104 Å². The van der Waals surface area contributed by atoms with Crippen molar-refractivity contribution in [1.29, 1.82) is 0 Å². The second kappa shape index (κ2) is 14.9. The van der Waals surface area contributed by atoms with Crippen molar-refractivity contribution < 1.29 is 14.6 Å². The number of ether oxygens (including phenoxy) is 1. The summed E-state index contributed by atoms with van der Waals surface area (Å²) >= 11 is 0. The van der Waals surface area contributed by atoms with E-state index < -0.39 is 0 Å². The van der Waals surface area contributed by atoms with E-state index in [1.165, 1.54) is 12.8 Å². The van der Waals surface area contributed by atoms with Crippen LogP contribution in [-0.4, -0.2) is 68.6 Å². The molecule has 13 nitrogen and oxygen atoms in total. The molecule has 1 atom stereocenters. The van der Waals surface area contributed by atoms with Gasteiger partial charge < -0.3 is 10.1 Å². The van der Waals surface area contributed by atoms with Gasteiger partial charge in [0.25, 0.3) is 11.4 Å². The van der Waals surface area contributed by atoms with Gasteiger partial charge in [0.2, 0.25) is 5.95 Å². The third-order valence-corrected chi connectivity index (χ3v) is 8.14. The molecule has 6 rings (SSSR count). The van der Waals surface area contributed by atoms with E-state index in [4.69, 9.17) is 4.74 Å². The molecular weight excluding hydrogens is 576 g/mol. The fourth-order valence-corrected chi connectivity index (χ4v) is 5.73. The number of hydrogen-bond acceptors (Lipinski definition) is 11. The van der Waals surface area contributed by atoms with Crippen molar-refractivity contribution in [1.82, 2.24) is 19.8 Å². The number of aromatic nitrogens is 2. The molecule has 0 bridgehead atoms. The lowest BCUT2D eigenvalue weighted by molar-refractivity contribution is -0.385. The first-order valence-electron chi connectivity index (χ1n) is 15.4. The first kappa shape index (κ1) is 31.8. The molecular formula is C32H40N8O5. The van der Waals surface area contributed by atoms with Gasteiger partial charge in [-0.1, -0.05) is 38.1 Å². The average molecular weight is 617 g/mol. The van der Waals surface area contributed by atoms with Gasteiger partial charge in [-0.3, -0.25) is 34.9 Å². The zero-order valence-corrected chi connectivity index (χ0v) is 25.7. The Bertz CT molecular complexity index is 1480. The lowest BCUT2D eigenvalue weighted by atomic mass is 10.1. The number of hydrogen-bond donors (Lipinski definition) is 1. The first-order valence-corrected chi connectivity index (χ1v) is 15.4. The number of nitro groups is 2. The minimum absolute atomic E-state index is 0.121. The minimum atomic E-state index is -0.373. The molecule has 45 heavy (non-hydrogen) atoms. The Morgan fingerprint density at radius 3 is 2.07 bits per heavy atom. The Morgan fingerprint density at radius 1 is 0.889 bits per heavy atom. The molecule has 0 amide bonds. The van der Waals surface area contributed by atoms with Crippen LogP contribution in [-0.2, 0) is 17.8 Å². The Balaban J connectivity index is 0.000000223. The highest BCUT2D eigenvalue weighted by Gasteiger charge is 2.25. The third kappa shape index (κ3) is 8.73. The lowest BCUT2D eigenvalue weighted by Crippen LogP contribution is -2.27. The molecule has 0 spiro atoms. The summed E-state index contributed by atoms with van der Waals surface area (Å²) in [7, 11) is 0. The molecule has 3 aliphatic rings. The number of rotatable bonds is 10. The van der Waals surface area contributed by atoms with Crippen LogP contribution in [0.3, 0.4) is 0 Å². The Labute approximate surface area is 262 Å². The van der Waals surface area contributed by atoms with Gasteiger partial charge in [-0.25, -0.2) is 4.98 Å². The summed E-state index contributed by atoms with van der Waals surface area (Å²) in [5.74, 6) is 1.79. The minimum Gasteiger partial charge on any atom is -0.478 e. The number of nitro benzene ring substituents is 2. The molecule has 0 saturated carbocycles. The maximum Gasteiger partial charge on any atom is 0.269 e. The molecule has 2 aromatic carbocycles. The Morgan fingerprint density at radius 2 is 1.49 bits per heavy atom.